The summed E-state index contributed by atoms with van der Waals surface area (Å²) in [6, 6.07) is 20.7. The van der Waals surface area contributed by atoms with E-state index in [4.69, 9.17) is 4.74 Å². The second kappa shape index (κ2) is 12.6. The molecule has 0 aliphatic rings. The van der Waals surface area contributed by atoms with Crippen molar-refractivity contribution in [3.63, 3.8) is 0 Å². The van der Waals surface area contributed by atoms with Crippen LogP contribution < -0.4 is 4.74 Å². The third-order valence-corrected chi connectivity index (χ3v) is 6.59. The number of ether oxygens (including phenoxy) is 1. The number of carbonyl (C=O) groups is 2. The number of hydrogen-bond donors (Lipinski definition) is 2. The van der Waals surface area contributed by atoms with E-state index >= 15 is 0 Å². The van der Waals surface area contributed by atoms with E-state index in [1.54, 1.807) is 12.1 Å². The highest BCUT2D eigenvalue weighted by molar-refractivity contribution is 5.95. The lowest BCUT2D eigenvalue weighted by Crippen LogP contribution is -2.32. The first-order valence-corrected chi connectivity index (χ1v) is 12.7. The molecular weight excluding hydrogens is 466 g/mol. The molecule has 0 bridgehead atoms. The predicted octanol–water partition coefficient (Wildman–Crippen LogP) is 6.45. The molecule has 1 heterocycles. The Morgan fingerprint density at radius 2 is 1.65 bits per heavy atom. The standard InChI is InChI=1S/C31H37NO5/c1-21-11-8-9-15-24(21)23(19-29(35)36)14-10-16-26(33)25-17-18-27(37-20-28(34)31(2,3)4)30(32-25)22-12-6-5-7-13-22/h5-9,11-13,15,17-18,23,28,34H,10,14,16,19-20H2,1-4H3,(H,35,36)/t23?,28-/m0/s1. The Morgan fingerprint density at radius 3 is 2.30 bits per heavy atom. The molecule has 1 unspecified atom stereocenters. The summed E-state index contributed by atoms with van der Waals surface area (Å²) in [7, 11) is 0. The van der Waals surface area contributed by atoms with Crippen molar-refractivity contribution in [2.45, 2.75) is 65.4 Å². The van der Waals surface area contributed by atoms with Crippen LogP contribution in [0.5, 0.6) is 5.75 Å². The van der Waals surface area contributed by atoms with Crippen LogP contribution >= 0.6 is 0 Å². The molecule has 3 rings (SSSR count). The van der Waals surface area contributed by atoms with Gasteiger partial charge in [0.25, 0.3) is 0 Å². The van der Waals surface area contributed by atoms with E-state index in [2.05, 4.69) is 4.98 Å². The van der Waals surface area contributed by atoms with Crippen molar-refractivity contribution >= 4 is 11.8 Å². The maximum absolute atomic E-state index is 13.1. The lowest BCUT2D eigenvalue weighted by Gasteiger charge is -2.26. The molecule has 6 nitrogen and oxygen atoms in total. The number of carbonyl (C=O) groups excluding carboxylic acids is 1. The van der Waals surface area contributed by atoms with E-state index in [0.717, 1.165) is 16.7 Å². The average Bonchev–Trinajstić information content (AvgIpc) is 2.86. The van der Waals surface area contributed by atoms with Gasteiger partial charge in [-0.3, -0.25) is 9.59 Å². The molecule has 0 aliphatic heterocycles. The van der Waals surface area contributed by atoms with Gasteiger partial charge in [0.05, 0.1) is 12.5 Å². The van der Waals surface area contributed by atoms with Crippen LogP contribution in [0.4, 0.5) is 0 Å². The summed E-state index contributed by atoms with van der Waals surface area (Å²) in [5.74, 6) is -0.588. The zero-order valence-electron chi connectivity index (χ0n) is 22.1. The van der Waals surface area contributed by atoms with Crippen LogP contribution in [0.15, 0.2) is 66.7 Å². The first-order chi connectivity index (χ1) is 17.6. The van der Waals surface area contributed by atoms with E-state index in [-0.39, 0.29) is 36.6 Å². The van der Waals surface area contributed by atoms with Crippen molar-refractivity contribution < 1.29 is 24.5 Å². The lowest BCUT2D eigenvalue weighted by molar-refractivity contribution is -0.137. The molecule has 0 aliphatic carbocycles. The third-order valence-electron chi connectivity index (χ3n) is 6.59. The van der Waals surface area contributed by atoms with Gasteiger partial charge in [-0.2, -0.15) is 0 Å². The maximum atomic E-state index is 13.1. The van der Waals surface area contributed by atoms with E-state index in [0.29, 0.717) is 30.0 Å². The van der Waals surface area contributed by atoms with Crippen molar-refractivity contribution in [1.82, 2.24) is 4.98 Å². The average molecular weight is 504 g/mol. The first kappa shape index (κ1) is 28.1. The van der Waals surface area contributed by atoms with Crippen LogP contribution in [0.3, 0.4) is 0 Å². The SMILES string of the molecule is Cc1ccccc1C(CCCC(=O)c1ccc(OC[C@H](O)C(C)(C)C)c(-c2ccccc2)n1)CC(=O)O. The number of hydrogen-bond acceptors (Lipinski definition) is 5. The van der Waals surface area contributed by atoms with Gasteiger partial charge in [0, 0.05) is 12.0 Å². The van der Waals surface area contributed by atoms with E-state index in [9.17, 15) is 19.8 Å². The highest BCUT2D eigenvalue weighted by Gasteiger charge is 2.24. The molecule has 3 aromatic rings. The molecule has 37 heavy (non-hydrogen) atoms. The Bertz CT molecular complexity index is 1200. The zero-order chi connectivity index (χ0) is 27.0. The molecule has 0 saturated heterocycles. The van der Waals surface area contributed by atoms with Gasteiger partial charge in [0.1, 0.15) is 23.7 Å². The second-order valence-electron chi connectivity index (χ2n) is 10.6. The summed E-state index contributed by atoms with van der Waals surface area (Å²) >= 11 is 0. The second-order valence-corrected chi connectivity index (χ2v) is 10.6. The number of aromatic nitrogens is 1. The Balaban J connectivity index is 1.75. The molecule has 6 heteroatoms. The van der Waals surface area contributed by atoms with Crippen LogP contribution in [0.2, 0.25) is 0 Å². The molecular formula is C31H37NO5. The molecule has 2 N–H and O–H groups in total. The lowest BCUT2D eigenvalue weighted by atomic mass is 9.87. The molecule has 0 amide bonds. The van der Waals surface area contributed by atoms with Crippen LogP contribution in [0.25, 0.3) is 11.3 Å². The van der Waals surface area contributed by atoms with E-state index < -0.39 is 12.1 Å². The fourth-order valence-corrected chi connectivity index (χ4v) is 4.20. The van der Waals surface area contributed by atoms with Gasteiger partial charge in [-0.05, 0) is 54.4 Å². The monoisotopic (exact) mass is 503 g/mol. The number of aliphatic hydroxyl groups is 1. The molecule has 0 saturated carbocycles. The van der Waals surface area contributed by atoms with Crippen molar-refractivity contribution in [1.29, 1.82) is 0 Å². The number of aryl methyl sites for hydroxylation is 1. The van der Waals surface area contributed by atoms with Crippen molar-refractivity contribution in [2.24, 2.45) is 5.41 Å². The third kappa shape index (κ3) is 7.99. The van der Waals surface area contributed by atoms with Crippen molar-refractivity contribution in [2.75, 3.05) is 6.61 Å². The van der Waals surface area contributed by atoms with Crippen LogP contribution in [-0.4, -0.2) is 39.7 Å². The fraction of sp³-hybridized carbons (Fsp3) is 0.387. The van der Waals surface area contributed by atoms with Crippen LogP contribution in [-0.2, 0) is 4.79 Å². The highest BCUT2D eigenvalue weighted by Crippen LogP contribution is 2.31. The smallest absolute Gasteiger partial charge is 0.303 e. The van der Waals surface area contributed by atoms with Crippen LogP contribution in [0.1, 0.15) is 74.0 Å². The van der Waals surface area contributed by atoms with Gasteiger partial charge in [0.15, 0.2) is 5.78 Å². The Hall–Kier alpha value is -3.51. The Labute approximate surface area is 219 Å². The number of Topliss-reactive ketones (excluding diaryl/α,β-unsaturated/α-hetero) is 1. The zero-order valence-corrected chi connectivity index (χ0v) is 22.1. The molecule has 2 aromatic carbocycles. The number of benzene rings is 2. The number of carboxylic acids is 1. The number of pyridine rings is 1. The molecule has 0 fully saturated rings. The van der Waals surface area contributed by atoms with E-state index in [1.165, 1.54) is 0 Å². The minimum atomic E-state index is -0.846. The number of nitrogens with zero attached hydrogens (tertiary/aromatic N) is 1. The topological polar surface area (TPSA) is 96.7 Å². The Morgan fingerprint density at radius 1 is 0.973 bits per heavy atom. The van der Waals surface area contributed by atoms with Gasteiger partial charge in [0.2, 0.25) is 0 Å². The number of aliphatic hydroxyl groups excluding tert-OH is 1. The summed E-state index contributed by atoms with van der Waals surface area (Å²) in [6.07, 6.45) is 0.794. The maximum Gasteiger partial charge on any atom is 0.303 e. The molecule has 2 atom stereocenters. The summed E-state index contributed by atoms with van der Waals surface area (Å²) in [4.78, 5) is 29.2. The highest BCUT2D eigenvalue weighted by atomic mass is 16.5. The summed E-state index contributed by atoms with van der Waals surface area (Å²) in [5.41, 5.74) is 3.46. The number of ketones is 1. The first-order valence-electron chi connectivity index (χ1n) is 12.7. The number of aliphatic carboxylic acids is 1. The summed E-state index contributed by atoms with van der Waals surface area (Å²) in [5, 5.41) is 19.8. The quantitative estimate of drug-likeness (QED) is 0.276. The van der Waals surface area contributed by atoms with Gasteiger partial charge in [-0.1, -0.05) is 75.4 Å². The van der Waals surface area contributed by atoms with Gasteiger partial charge in [-0.15, -0.1) is 0 Å². The largest absolute Gasteiger partial charge is 0.489 e. The molecule has 0 radical (unpaired) electrons. The fourth-order valence-electron chi connectivity index (χ4n) is 4.20. The number of carboxylic acid groups (broad SMARTS) is 1. The van der Waals surface area contributed by atoms with Gasteiger partial charge >= 0.3 is 5.97 Å². The minimum Gasteiger partial charge on any atom is -0.489 e. The predicted molar refractivity (Wildman–Crippen MR) is 145 cm³/mol. The van der Waals surface area contributed by atoms with E-state index in [1.807, 2.05) is 82.3 Å². The number of rotatable bonds is 12. The molecule has 1 aromatic heterocycles. The summed E-state index contributed by atoms with van der Waals surface area (Å²) < 4.78 is 5.94. The van der Waals surface area contributed by atoms with Gasteiger partial charge in [-0.25, -0.2) is 4.98 Å². The Kier molecular flexibility index (Phi) is 9.59. The normalized spacial score (nSPS) is 13.1. The molecule has 0 spiro atoms. The van der Waals surface area contributed by atoms with Crippen LogP contribution in [0, 0.1) is 12.3 Å². The van der Waals surface area contributed by atoms with Crippen molar-refractivity contribution in [3.8, 4) is 17.0 Å². The molecule has 196 valence electrons. The minimum absolute atomic E-state index is 0.0297. The van der Waals surface area contributed by atoms with Crippen molar-refractivity contribution in [3.05, 3.63) is 83.6 Å². The van der Waals surface area contributed by atoms with Gasteiger partial charge < -0.3 is 14.9 Å². The summed E-state index contributed by atoms with van der Waals surface area (Å²) in [6.45, 7) is 7.93.